The highest BCUT2D eigenvalue weighted by molar-refractivity contribution is 7.89. The van der Waals surface area contributed by atoms with E-state index in [1.54, 1.807) is 30.3 Å². The predicted molar refractivity (Wildman–Crippen MR) is 111 cm³/mol. The summed E-state index contributed by atoms with van der Waals surface area (Å²) in [5, 5.41) is 3.43. The maximum Gasteiger partial charge on any atom is 0.243 e. The number of aryl methyl sites for hydroxylation is 1. The van der Waals surface area contributed by atoms with E-state index >= 15 is 0 Å². The molecule has 28 heavy (non-hydrogen) atoms. The first-order valence-corrected chi connectivity index (χ1v) is 11.4. The van der Waals surface area contributed by atoms with Crippen LogP contribution in [0.25, 0.3) is 10.2 Å². The van der Waals surface area contributed by atoms with Crippen LogP contribution < -0.4 is 5.32 Å². The van der Waals surface area contributed by atoms with Crippen LogP contribution in [0.2, 0.25) is 0 Å². The van der Waals surface area contributed by atoms with Crippen molar-refractivity contribution in [2.24, 2.45) is 5.92 Å². The molecule has 3 aromatic rings. The first-order valence-electron chi connectivity index (χ1n) is 9.17. The number of amides is 1. The molecule has 4 rings (SSSR count). The summed E-state index contributed by atoms with van der Waals surface area (Å²) in [6.07, 6.45) is 1.32. The van der Waals surface area contributed by atoms with Crippen LogP contribution in [0.15, 0.2) is 53.4 Å². The number of carbonyl (C=O) groups is 1. The number of benzene rings is 2. The fourth-order valence-electron chi connectivity index (χ4n) is 3.41. The molecule has 1 saturated heterocycles. The second-order valence-corrected chi connectivity index (χ2v) is 9.96. The number of thiazole rings is 1. The lowest BCUT2D eigenvalue weighted by Crippen LogP contribution is -2.43. The molecular weight excluding hydrogens is 394 g/mol. The van der Waals surface area contributed by atoms with Crippen LogP contribution >= 0.6 is 11.3 Å². The summed E-state index contributed by atoms with van der Waals surface area (Å²) in [4.78, 5) is 17.5. The molecule has 0 spiro atoms. The third-order valence-corrected chi connectivity index (χ3v) is 7.72. The third kappa shape index (κ3) is 3.80. The Balaban J connectivity index is 1.48. The minimum absolute atomic E-state index is 0.177. The number of nitrogens with zero attached hydrogens (tertiary/aromatic N) is 2. The van der Waals surface area contributed by atoms with Gasteiger partial charge in [-0.05, 0) is 49.6 Å². The Labute approximate surface area is 168 Å². The molecule has 2 aromatic carbocycles. The standard InChI is InChI=1S/C20H21N3O3S2/c1-14-9-10-17-18(12-14)27-20(21-17)22-19(24)15-6-5-11-23(13-15)28(25,26)16-7-3-2-4-8-16/h2-4,7-10,12,15H,5-6,11,13H2,1H3,(H,21,22,24). The van der Waals surface area contributed by atoms with Crippen molar-refractivity contribution in [3.8, 4) is 0 Å². The zero-order valence-corrected chi connectivity index (χ0v) is 17.1. The quantitative estimate of drug-likeness (QED) is 0.705. The van der Waals surface area contributed by atoms with Gasteiger partial charge in [0.05, 0.1) is 21.0 Å². The molecule has 146 valence electrons. The Bertz CT molecular complexity index is 1110. The van der Waals surface area contributed by atoms with Gasteiger partial charge in [-0.3, -0.25) is 4.79 Å². The molecule has 6 nitrogen and oxygen atoms in total. The van der Waals surface area contributed by atoms with Gasteiger partial charge in [-0.25, -0.2) is 13.4 Å². The molecule has 1 N–H and O–H groups in total. The first-order chi connectivity index (χ1) is 13.4. The van der Waals surface area contributed by atoms with Crippen molar-refractivity contribution >= 4 is 42.6 Å². The zero-order valence-electron chi connectivity index (χ0n) is 15.5. The van der Waals surface area contributed by atoms with Gasteiger partial charge in [0, 0.05) is 13.1 Å². The van der Waals surface area contributed by atoms with Crippen LogP contribution in [0, 0.1) is 12.8 Å². The van der Waals surface area contributed by atoms with E-state index in [0.717, 1.165) is 15.8 Å². The van der Waals surface area contributed by atoms with Crippen molar-refractivity contribution in [3.05, 3.63) is 54.1 Å². The minimum atomic E-state index is -3.59. The average Bonchev–Trinajstić information content (AvgIpc) is 3.10. The number of anilines is 1. The molecular formula is C20H21N3O3S2. The Morgan fingerprint density at radius 3 is 2.79 bits per heavy atom. The van der Waals surface area contributed by atoms with E-state index in [9.17, 15) is 13.2 Å². The number of aromatic nitrogens is 1. The monoisotopic (exact) mass is 415 g/mol. The average molecular weight is 416 g/mol. The lowest BCUT2D eigenvalue weighted by Gasteiger charge is -2.31. The maximum atomic E-state index is 12.8. The summed E-state index contributed by atoms with van der Waals surface area (Å²) >= 11 is 1.43. The van der Waals surface area contributed by atoms with Crippen LogP contribution in [0.4, 0.5) is 5.13 Å². The lowest BCUT2D eigenvalue weighted by atomic mass is 9.99. The fraction of sp³-hybridized carbons (Fsp3) is 0.300. The fourth-order valence-corrected chi connectivity index (χ4v) is 5.92. The lowest BCUT2D eigenvalue weighted by molar-refractivity contribution is -0.120. The van der Waals surface area contributed by atoms with Crippen molar-refractivity contribution in [2.45, 2.75) is 24.7 Å². The second kappa shape index (κ2) is 7.62. The van der Waals surface area contributed by atoms with Crippen molar-refractivity contribution in [2.75, 3.05) is 18.4 Å². The summed E-state index contributed by atoms with van der Waals surface area (Å²) in [7, 11) is -3.59. The summed E-state index contributed by atoms with van der Waals surface area (Å²) in [6.45, 7) is 2.63. The summed E-state index contributed by atoms with van der Waals surface area (Å²) < 4.78 is 28.1. The highest BCUT2D eigenvalue weighted by Crippen LogP contribution is 2.29. The van der Waals surface area contributed by atoms with Gasteiger partial charge in [-0.1, -0.05) is 35.6 Å². The Morgan fingerprint density at radius 2 is 2.00 bits per heavy atom. The van der Waals surface area contributed by atoms with Crippen LogP contribution in [-0.2, 0) is 14.8 Å². The molecule has 1 atom stereocenters. The molecule has 2 heterocycles. The van der Waals surface area contributed by atoms with Crippen LogP contribution in [0.5, 0.6) is 0 Å². The number of nitrogens with one attached hydrogen (secondary N) is 1. The normalized spacial score (nSPS) is 18.2. The molecule has 1 aliphatic rings. The van der Waals surface area contributed by atoms with Gasteiger partial charge in [0.15, 0.2) is 5.13 Å². The minimum Gasteiger partial charge on any atom is -0.302 e. The van der Waals surface area contributed by atoms with Gasteiger partial charge >= 0.3 is 0 Å². The third-order valence-electron chi connectivity index (χ3n) is 4.91. The van der Waals surface area contributed by atoms with Gasteiger partial charge in [-0.2, -0.15) is 4.31 Å². The predicted octanol–water partition coefficient (Wildman–Crippen LogP) is 3.64. The topological polar surface area (TPSA) is 79.4 Å². The summed E-state index contributed by atoms with van der Waals surface area (Å²) in [6, 6.07) is 14.3. The summed E-state index contributed by atoms with van der Waals surface area (Å²) in [5.41, 5.74) is 1.99. The van der Waals surface area contributed by atoms with Gasteiger partial charge < -0.3 is 5.32 Å². The number of carbonyl (C=O) groups excluding carboxylic acids is 1. The van der Waals surface area contributed by atoms with Gasteiger partial charge in [-0.15, -0.1) is 0 Å². The van der Waals surface area contributed by atoms with E-state index < -0.39 is 10.0 Å². The molecule has 1 amide bonds. The maximum absolute atomic E-state index is 12.8. The number of hydrogen-bond donors (Lipinski definition) is 1. The number of fused-ring (bicyclic) bond motifs is 1. The van der Waals surface area contributed by atoms with E-state index in [2.05, 4.69) is 10.3 Å². The molecule has 0 aliphatic carbocycles. The Morgan fingerprint density at radius 1 is 1.21 bits per heavy atom. The van der Waals surface area contributed by atoms with Crippen molar-refractivity contribution in [3.63, 3.8) is 0 Å². The Kier molecular flexibility index (Phi) is 5.18. The first kappa shape index (κ1) is 19.0. The van der Waals surface area contributed by atoms with Crippen molar-refractivity contribution in [1.82, 2.24) is 9.29 Å². The van der Waals surface area contributed by atoms with Crippen molar-refractivity contribution in [1.29, 1.82) is 0 Å². The van der Waals surface area contributed by atoms with E-state index in [-0.39, 0.29) is 23.3 Å². The molecule has 8 heteroatoms. The van der Waals surface area contributed by atoms with Gasteiger partial charge in [0.1, 0.15) is 0 Å². The number of rotatable bonds is 4. The number of piperidine rings is 1. The SMILES string of the molecule is Cc1ccc2nc(NC(=O)C3CCCN(S(=O)(=O)c4ccccc4)C3)sc2c1. The van der Waals surface area contributed by atoms with Crippen molar-refractivity contribution < 1.29 is 13.2 Å². The zero-order chi connectivity index (χ0) is 19.7. The number of sulfonamides is 1. The van der Waals surface area contributed by atoms with Crippen LogP contribution in [-0.4, -0.2) is 36.7 Å². The Hall–Kier alpha value is -2.29. The van der Waals surface area contributed by atoms with E-state index in [4.69, 9.17) is 0 Å². The second-order valence-electron chi connectivity index (χ2n) is 6.99. The van der Waals surface area contributed by atoms with Gasteiger partial charge in [0.25, 0.3) is 0 Å². The molecule has 1 aliphatic heterocycles. The molecule has 1 fully saturated rings. The molecule has 0 saturated carbocycles. The van der Waals surface area contributed by atoms with Crippen LogP contribution in [0.3, 0.4) is 0 Å². The largest absolute Gasteiger partial charge is 0.302 e. The van der Waals surface area contributed by atoms with Gasteiger partial charge in [0.2, 0.25) is 15.9 Å². The molecule has 0 bridgehead atoms. The number of hydrogen-bond acceptors (Lipinski definition) is 5. The van der Waals surface area contributed by atoms with Crippen LogP contribution in [0.1, 0.15) is 18.4 Å². The molecule has 0 radical (unpaired) electrons. The highest BCUT2D eigenvalue weighted by Gasteiger charge is 2.33. The summed E-state index contributed by atoms with van der Waals surface area (Å²) in [5.74, 6) is -0.565. The molecule has 1 unspecified atom stereocenters. The van der Waals surface area contributed by atoms with E-state index in [0.29, 0.717) is 24.5 Å². The van der Waals surface area contributed by atoms with E-state index in [1.807, 2.05) is 25.1 Å². The van der Waals surface area contributed by atoms with E-state index in [1.165, 1.54) is 15.6 Å². The highest BCUT2D eigenvalue weighted by atomic mass is 32.2. The molecule has 1 aromatic heterocycles. The smallest absolute Gasteiger partial charge is 0.243 e.